The van der Waals surface area contributed by atoms with Crippen molar-refractivity contribution in [3.63, 3.8) is 0 Å². The van der Waals surface area contributed by atoms with Gasteiger partial charge in [0, 0.05) is 16.1 Å². The molecule has 4 nitrogen and oxygen atoms in total. The molecule has 0 aliphatic carbocycles. The van der Waals surface area contributed by atoms with Crippen molar-refractivity contribution in [2.75, 3.05) is 5.73 Å². The van der Waals surface area contributed by atoms with Gasteiger partial charge in [0.05, 0.1) is 5.69 Å². The summed E-state index contributed by atoms with van der Waals surface area (Å²) in [5.41, 5.74) is 9.45. The Hall–Kier alpha value is -2.77. The van der Waals surface area contributed by atoms with Crippen molar-refractivity contribution in [3.8, 4) is 28.7 Å². The predicted octanol–water partition coefficient (Wildman–Crippen LogP) is 4.73. The van der Waals surface area contributed by atoms with Crippen LogP contribution in [-0.4, -0.2) is 4.98 Å². The van der Waals surface area contributed by atoms with E-state index in [1.807, 2.05) is 38.1 Å². The van der Waals surface area contributed by atoms with Gasteiger partial charge in [-0.2, -0.15) is 5.26 Å². The van der Waals surface area contributed by atoms with Gasteiger partial charge in [0.1, 0.15) is 29.0 Å². The molecule has 0 amide bonds. The zero-order valence-corrected chi connectivity index (χ0v) is 13.5. The summed E-state index contributed by atoms with van der Waals surface area (Å²) in [6, 6.07) is 13.2. The number of hydrogen-bond donors (Lipinski definition) is 1. The van der Waals surface area contributed by atoms with Crippen LogP contribution in [0.4, 0.5) is 5.82 Å². The Morgan fingerprint density at radius 3 is 2.39 bits per heavy atom. The third-order valence-electron chi connectivity index (χ3n) is 3.68. The van der Waals surface area contributed by atoms with Gasteiger partial charge in [0.15, 0.2) is 0 Å². The zero-order chi connectivity index (χ0) is 16.6. The van der Waals surface area contributed by atoms with Crippen LogP contribution in [0.15, 0.2) is 40.8 Å². The van der Waals surface area contributed by atoms with Gasteiger partial charge >= 0.3 is 0 Å². The minimum Gasteiger partial charge on any atom is -0.461 e. The number of hydrogen-bond acceptors (Lipinski definition) is 4. The van der Waals surface area contributed by atoms with Crippen LogP contribution in [0.25, 0.3) is 22.6 Å². The van der Waals surface area contributed by atoms with Crippen molar-refractivity contribution in [2.45, 2.75) is 13.8 Å². The molecule has 0 atom stereocenters. The summed E-state index contributed by atoms with van der Waals surface area (Å²) in [4.78, 5) is 4.41. The summed E-state index contributed by atoms with van der Waals surface area (Å²) < 4.78 is 5.70. The fourth-order valence-corrected chi connectivity index (χ4v) is 2.70. The molecule has 0 aliphatic heterocycles. The van der Waals surface area contributed by atoms with E-state index in [-0.39, 0.29) is 5.82 Å². The van der Waals surface area contributed by atoms with Crippen molar-refractivity contribution in [1.82, 2.24) is 4.98 Å². The third kappa shape index (κ3) is 2.67. The molecule has 23 heavy (non-hydrogen) atoms. The van der Waals surface area contributed by atoms with Crippen molar-refractivity contribution in [3.05, 3.63) is 58.3 Å². The first-order valence-corrected chi connectivity index (χ1v) is 7.42. The summed E-state index contributed by atoms with van der Waals surface area (Å²) in [7, 11) is 0. The van der Waals surface area contributed by atoms with Crippen LogP contribution in [0.3, 0.4) is 0 Å². The van der Waals surface area contributed by atoms with Crippen molar-refractivity contribution in [1.29, 1.82) is 5.26 Å². The van der Waals surface area contributed by atoms with Gasteiger partial charge in [-0.25, -0.2) is 4.98 Å². The molecule has 0 saturated heterocycles. The number of nitriles is 1. The number of nitrogen functional groups attached to an aromatic ring is 1. The Morgan fingerprint density at radius 2 is 1.83 bits per heavy atom. The lowest BCUT2D eigenvalue weighted by Gasteiger charge is -2.13. The fraction of sp³-hybridized carbons (Fsp3) is 0.111. The Morgan fingerprint density at radius 1 is 1.13 bits per heavy atom. The first-order valence-electron chi connectivity index (χ1n) is 7.04. The molecule has 2 aromatic heterocycles. The monoisotopic (exact) mass is 323 g/mol. The first-order chi connectivity index (χ1) is 11.0. The summed E-state index contributed by atoms with van der Waals surface area (Å²) in [5, 5.41) is 10.1. The van der Waals surface area contributed by atoms with Crippen LogP contribution in [0.1, 0.15) is 16.9 Å². The maximum atomic E-state index is 9.46. The van der Waals surface area contributed by atoms with E-state index >= 15 is 0 Å². The molecule has 0 unspecified atom stereocenters. The molecule has 1 aromatic carbocycles. The van der Waals surface area contributed by atoms with Crippen LogP contribution in [0.5, 0.6) is 0 Å². The number of aryl methyl sites for hydroxylation is 1. The lowest BCUT2D eigenvalue weighted by molar-refractivity contribution is 0.548. The van der Waals surface area contributed by atoms with Crippen molar-refractivity contribution in [2.24, 2.45) is 0 Å². The lowest BCUT2D eigenvalue weighted by Crippen LogP contribution is -2.02. The molecule has 2 heterocycles. The van der Waals surface area contributed by atoms with Crippen molar-refractivity contribution < 1.29 is 4.42 Å². The van der Waals surface area contributed by atoms with Crippen molar-refractivity contribution >= 4 is 17.4 Å². The van der Waals surface area contributed by atoms with E-state index in [1.54, 1.807) is 12.1 Å². The molecule has 0 saturated carbocycles. The van der Waals surface area contributed by atoms with Crippen LogP contribution >= 0.6 is 11.6 Å². The highest BCUT2D eigenvalue weighted by Crippen LogP contribution is 2.36. The Bertz CT molecular complexity index is 921. The number of rotatable bonds is 2. The highest BCUT2D eigenvalue weighted by atomic mass is 35.5. The van der Waals surface area contributed by atoms with E-state index in [0.717, 1.165) is 16.9 Å². The molecule has 2 N–H and O–H groups in total. The van der Waals surface area contributed by atoms with Gasteiger partial charge in [-0.3, -0.25) is 0 Å². The number of halogens is 1. The van der Waals surface area contributed by atoms with Gasteiger partial charge in [-0.1, -0.05) is 23.7 Å². The Labute approximate surface area is 139 Å². The average Bonchev–Trinajstić information content (AvgIpc) is 2.95. The molecular formula is C18H14ClN3O. The standard InChI is InChI=1S/C18H14ClN3O/c1-10-3-8-15(23-10)16-11(2)17(22-18(21)14(16)9-20)12-4-6-13(19)7-5-12/h3-8H,1-2H3,(H2,21,22). The molecule has 5 heteroatoms. The second-order valence-corrected chi connectivity index (χ2v) is 5.69. The normalized spacial score (nSPS) is 10.5. The number of furan rings is 1. The van der Waals surface area contributed by atoms with E-state index in [4.69, 9.17) is 21.8 Å². The fourth-order valence-electron chi connectivity index (χ4n) is 2.57. The van der Waals surface area contributed by atoms with Gasteiger partial charge < -0.3 is 10.2 Å². The van der Waals surface area contributed by atoms with Gasteiger partial charge in [-0.05, 0) is 43.7 Å². The highest BCUT2D eigenvalue weighted by Gasteiger charge is 2.20. The number of nitrogens with zero attached hydrogens (tertiary/aromatic N) is 2. The summed E-state index contributed by atoms with van der Waals surface area (Å²) in [5.74, 6) is 1.57. The maximum absolute atomic E-state index is 9.46. The molecule has 0 radical (unpaired) electrons. The Balaban J connectivity index is 2.30. The van der Waals surface area contributed by atoms with Gasteiger partial charge in [0.25, 0.3) is 0 Å². The largest absolute Gasteiger partial charge is 0.461 e. The summed E-state index contributed by atoms with van der Waals surface area (Å²) in [6.07, 6.45) is 0. The number of pyridine rings is 1. The van der Waals surface area contributed by atoms with Gasteiger partial charge in [-0.15, -0.1) is 0 Å². The minimum atomic E-state index is 0.187. The molecule has 3 rings (SSSR count). The number of benzene rings is 1. The van der Waals surface area contributed by atoms with Crippen LogP contribution in [-0.2, 0) is 0 Å². The SMILES string of the molecule is Cc1ccc(-c2c(C)c(-c3ccc(Cl)cc3)nc(N)c2C#N)o1. The molecule has 0 fully saturated rings. The predicted molar refractivity (Wildman–Crippen MR) is 91.0 cm³/mol. The summed E-state index contributed by atoms with van der Waals surface area (Å²) in [6.45, 7) is 3.76. The topological polar surface area (TPSA) is 75.8 Å². The highest BCUT2D eigenvalue weighted by molar-refractivity contribution is 6.30. The van der Waals surface area contributed by atoms with E-state index in [1.165, 1.54) is 0 Å². The average molecular weight is 324 g/mol. The molecule has 0 spiro atoms. The lowest BCUT2D eigenvalue weighted by atomic mass is 9.96. The number of nitrogens with two attached hydrogens (primary N) is 1. The van der Waals surface area contributed by atoms with Crippen LogP contribution in [0.2, 0.25) is 5.02 Å². The van der Waals surface area contributed by atoms with E-state index in [9.17, 15) is 5.26 Å². The van der Waals surface area contributed by atoms with E-state index < -0.39 is 0 Å². The second kappa shape index (κ2) is 5.79. The third-order valence-corrected chi connectivity index (χ3v) is 3.94. The quantitative estimate of drug-likeness (QED) is 0.739. The molecular weight excluding hydrogens is 310 g/mol. The van der Waals surface area contributed by atoms with Gasteiger partial charge in [0.2, 0.25) is 0 Å². The molecule has 3 aromatic rings. The number of aromatic nitrogens is 1. The maximum Gasteiger partial charge on any atom is 0.142 e. The second-order valence-electron chi connectivity index (χ2n) is 5.25. The molecule has 0 bridgehead atoms. The number of anilines is 1. The van der Waals surface area contributed by atoms with E-state index in [2.05, 4.69) is 11.1 Å². The smallest absolute Gasteiger partial charge is 0.142 e. The van der Waals surface area contributed by atoms with Crippen LogP contribution < -0.4 is 5.73 Å². The molecule has 114 valence electrons. The van der Waals surface area contributed by atoms with Crippen LogP contribution in [0, 0.1) is 25.2 Å². The zero-order valence-electron chi connectivity index (χ0n) is 12.7. The first kappa shape index (κ1) is 15.1. The van der Waals surface area contributed by atoms with E-state index in [0.29, 0.717) is 27.6 Å². The minimum absolute atomic E-state index is 0.187. The Kier molecular flexibility index (Phi) is 3.81. The molecule has 0 aliphatic rings. The summed E-state index contributed by atoms with van der Waals surface area (Å²) >= 11 is 5.94.